The van der Waals surface area contributed by atoms with Crippen molar-refractivity contribution in [2.75, 3.05) is 17.6 Å². The van der Waals surface area contributed by atoms with Gasteiger partial charge in [-0.15, -0.1) is 0 Å². The minimum Gasteiger partial charge on any atom is -0.334 e. The van der Waals surface area contributed by atoms with E-state index in [1.54, 1.807) is 11.8 Å². The summed E-state index contributed by atoms with van der Waals surface area (Å²) in [6.07, 6.45) is 2.35. The Bertz CT molecular complexity index is 559. The number of nitrogens with one attached hydrogen (secondary N) is 1. The lowest BCUT2D eigenvalue weighted by Gasteiger charge is -2.33. The number of thioether (sulfide) groups is 1. The molecule has 0 amide bonds. The SMILES string of the molecule is CCC1(CC)CN=C(Nc2ccc(C#N)cc2Br)SC1. The fraction of sp³-hybridized carbons (Fsp3) is 0.467. The summed E-state index contributed by atoms with van der Waals surface area (Å²) >= 11 is 5.27. The Hall–Kier alpha value is -0.990. The molecule has 1 aromatic rings. The number of rotatable bonds is 3. The number of nitriles is 1. The molecular weight excluding hydrogens is 334 g/mol. The lowest BCUT2D eigenvalue weighted by Crippen LogP contribution is -2.32. The molecule has 20 heavy (non-hydrogen) atoms. The van der Waals surface area contributed by atoms with E-state index in [2.05, 4.69) is 46.2 Å². The maximum Gasteiger partial charge on any atom is 0.161 e. The van der Waals surface area contributed by atoms with Gasteiger partial charge in [-0.1, -0.05) is 25.6 Å². The number of hydrogen-bond donors (Lipinski definition) is 1. The number of anilines is 1. The Morgan fingerprint density at radius 2 is 2.20 bits per heavy atom. The Morgan fingerprint density at radius 1 is 1.45 bits per heavy atom. The highest BCUT2D eigenvalue weighted by atomic mass is 79.9. The lowest BCUT2D eigenvalue weighted by molar-refractivity contribution is 0.318. The second kappa shape index (κ2) is 6.64. The molecule has 0 saturated carbocycles. The summed E-state index contributed by atoms with van der Waals surface area (Å²) in [7, 11) is 0. The van der Waals surface area contributed by atoms with Crippen LogP contribution in [0.2, 0.25) is 0 Å². The van der Waals surface area contributed by atoms with Gasteiger partial charge in [-0.25, -0.2) is 0 Å². The minimum atomic E-state index is 0.359. The van der Waals surface area contributed by atoms with E-state index in [1.807, 2.05) is 18.2 Å². The van der Waals surface area contributed by atoms with Crippen LogP contribution in [0.15, 0.2) is 27.7 Å². The van der Waals surface area contributed by atoms with Crippen molar-refractivity contribution < 1.29 is 0 Å². The van der Waals surface area contributed by atoms with E-state index in [4.69, 9.17) is 5.26 Å². The first-order valence-electron chi connectivity index (χ1n) is 6.76. The van der Waals surface area contributed by atoms with Crippen LogP contribution in [-0.2, 0) is 0 Å². The Labute approximate surface area is 133 Å². The van der Waals surface area contributed by atoms with Gasteiger partial charge in [0.05, 0.1) is 17.3 Å². The molecular formula is C15H18BrN3S. The third kappa shape index (κ3) is 3.36. The standard InChI is InChI=1S/C15H18BrN3S/c1-3-15(4-2)9-18-14(20-10-15)19-13-6-5-11(8-17)7-12(13)16/h5-7H,3-4,9-10H2,1-2H3,(H,18,19). The Kier molecular flexibility index (Phi) is 5.11. The summed E-state index contributed by atoms with van der Waals surface area (Å²) in [5.41, 5.74) is 1.96. The highest BCUT2D eigenvalue weighted by molar-refractivity contribution is 9.10. The second-order valence-electron chi connectivity index (χ2n) is 5.05. The minimum absolute atomic E-state index is 0.359. The van der Waals surface area contributed by atoms with Crippen LogP contribution >= 0.6 is 27.7 Å². The van der Waals surface area contributed by atoms with Gasteiger partial charge < -0.3 is 5.32 Å². The van der Waals surface area contributed by atoms with Crippen LogP contribution in [0.25, 0.3) is 0 Å². The van der Waals surface area contributed by atoms with E-state index in [0.29, 0.717) is 11.0 Å². The topological polar surface area (TPSA) is 48.2 Å². The summed E-state index contributed by atoms with van der Waals surface area (Å²) in [6, 6.07) is 7.67. The van der Waals surface area contributed by atoms with Crippen LogP contribution in [-0.4, -0.2) is 17.5 Å². The van der Waals surface area contributed by atoms with Gasteiger partial charge in [-0.2, -0.15) is 5.26 Å². The zero-order valence-electron chi connectivity index (χ0n) is 11.7. The molecule has 3 nitrogen and oxygen atoms in total. The molecule has 1 aliphatic heterocycles. The Balaban J connectivity index is 2.09. The second-order valence-corrected chi connectivity index (χ2v) is 6.87. The van der Waals surface area contributed by atoms with Crippen LogP contribution < -0.4 is 5.32 Å². The van der Waals surface area contributed by atoms with Gasteiger partial charge in [0.25, 0.3) is 0 Å². The van der Waals surface area contributed by atoms with Crippen LogP contribution in [0.5, 0.6) is 0 Å². The number of aliphatic imine (C=N–C) groups is 1. The molecule has 1 heterocycles. The average molecular weight is 352 g/mol. The molecule has 1 N–H and O–H groups in total. The van der Waals surface area contributed by atoms with Crippen molar-refractivity contribution in [1.29, 1.82) is 5.26 Å². The van der Waals surface area contributed by atoms with Gasteiger partial charge in [0, 0.05) is 16.8 Å². The summed E-state index contributed by atoms with van der Waals surface area (Å²) in [5, 5.41) is 13.2. The molecule has 0 atom stereocenters. The molecule has 0 aliphatic carbocycles. The summed E-state index contributed by atoms with van der Waals surface area (Å²) < 4.78 is 0.891. The maximum absolute atomic E-state index is 8.87. The number of halogens is 1. The van der Waals surface area contributed by atoms with E-state index in [1.165, 1.54) is 12.8 Å². The van der Waals surface area contributed by atoms with E-state index >= 15 is 0 Å². The first kappa shape index (κ1) is 15.4. The molecule has 0 spiro atoms. The quantitative estimate of drug-likeness (QED) is 0.862. The summed E-state index contributed by atoms with van der Waals surface area (Å²) in [6.45, 7) is 5.38. The van der Waals surface area contributed by atoms with E-state index in [9.17, 15) is 0 Å². The van der Waals surface area contributed by atoms with Gasteiger partial charge in [-0.05, 0) is 52.4 Å². The molecule has 0 radical (unpaired) electrons. The largest absolute Gasteiger partial charge is 0.334 e. The summed E-state index contributed by atoms with van der Waals surface area (Å²) in [4.78, 5) is 4.69. The van der Waals surface area contributed by atoms with Crippen molar-refractivity contribution in [3.63, 3.8) is 0 Å². The highest BCUT2D eigenvalue weighted by Crippen LogP contribution is 2.36. The smallest absolute Gasteiger partial charge is 0.161 e. The molecule has 106 valence electrons. The predicted octanol–water partition coefficient (Wildman–Crippen LogP) is 4.64. The zero-order valence-corrected chi connectivity index (χ0v) is 14.1. The number of benzene rings is 1. The molecule has 2 rings (SSSR count). The van der Waals surface area contributed by atoms with Crippen molar-refractivity contribution in [2.45, 2.75) is 26.7 Å². The van der Waals surface area contributed by atoms with Gasteiger partial charge in [0.1, 0.15) is 0 Å². The van der Waals surface area contributed by atoms with Crippen LogP contribution in [0, 0.1) is 16.7 Å². The van der Waals surface area contributed by atoms with Crippen molar-refractivity contribution in [3.8, 4) is 6.07 Å². The van der Waals surface area contributed by atoms with E-state index in [-0.39, 0.29) is 0 Å². The molecule has 5 heteroatoms. The van der Waals surface area contributed by atoms with Crippen molar-refractivity contribution in [2.24, 2.45) is 10.4 Å². The van der Waals surface area contributed by atoms with Crippen LogP contribution in [0.4, 0.5) is 5.69 Å². The number of amidine groups is 1. The fourth-order valence-corrected chi connectivity index (χ4v) is 3.87. The monoisotopic (exact) mass is 351 g/mol. The summed E-state index contributed by atoms with van der Waals surface area (Å²) in [5.74, 6) is 1.11. The number of nitrogens with zero attached hydrogens (tertiary/aromatic N) is 2. The average Bonchev–Trinajstić information content (AvgIpc) is 2.50. The van der Waals surface area contributed by atoms with Crippen molar-refractivity contribution in [3.05, 3.63) is 28.2 Å². The molecule has 0 bridgehead atoms. The molecule has 1 aromatic carbocycles. The molecule has 0 saturated heterocycles. The van der Waals surface area contributed by atoms with E-state index < -0.39 is 0 Å². The fourth-order valence-electron chi connectivity index (χ4n) is 2.11. The van der Waals surface area contributed by atoms with Gasteiger partial charge in [0.2, 0.25) is 0 Å². The maximum atomic E-state index is 8.87. The van der Waals surface area contributed by atoms with Crippen molar-refractivity contribution in [1.82, 2.24) is 0 Å². The van der Waals surface area contributed by atoms with Gasteiger partial charge in [-0.3, -0.25) is 4.99 Å². The molecule has 0 unspecified atom stereocenters. The first-order valence-corrected chi connectivity index (χ1v) is 8.54. The Morgan fingerprint density at radius 3 is 2.70 bits per heavy atom. The van der Waals surface area contributed by atoms with Gasteiger partial charge >= 0.3 is 0 Å². The normalized spacial score (nSPS) is 17.2. The van der Waals surface area contributed by atoms with Crippen molar-refractivity contribution >= 4 is 38.5 Å². The molecule has 0 aromatic heterocycles. The zero-order chi connectivity index (χ0) is 14.6. The van der Waals surface area contributed by atoms with E-state index in [0.717, 1.165) is 27.6 Å². The van der Waals surface area contributed by atoms with Crippen LogP contribution in [0.3, 0.4) is 0 Å². The number of hydrogen-bond acceptors (Lipinski definition) is 4. The van der Waals surface area contributed by atoms with Gasteiger partial charge in [0.15, 0.2) is 5.17 Å². The molecule has 1 aliphatic rings. The van der Waals surface area contributed by atoms with Crippen LogP contribution in [0.1, 0.15) is 32.3 Å². The highest BCUT2D eigenvalue weighted by Gasteiger charge is 2.30. The third-order valence-corrected chi connectivity index (χ3v) is 5.83. The third-order valence-electron chi connectivity index (χ3n) is 3.91. The first-order chi connectivity index (χ1) is 9.62. The predicted molar refractivity (Wildman–Crippen MR) is 90.3 cm³/mol. The molecule has 0 fully saturated rings. The lowest BCUT2D eigenvalue weighted by atomic mass is 9.84.